The minimum Gasteiger partial charge on any atom is -0.268 e. The molecule has 0 unspecified atom stereocenters. The predicted octanol–water partition coefficient (Wildman–Crippen LogP) is 4.45. The molecule has 3 aromatic rings. The molecule has 0 saturated carbocycles. The maximum Gasteiger partial charge on any atom is 0.264 e. The van der Waals surface area contributed by atoms with Gasteiger partial charge in [-0.15, -0.1) is 11.8 Å². The lowest BCUT2D eigenvalue weighted by molar-refractivity contribution is 0.0961. The highest BCUT2D eigenvalue weighted by Gasteiger charge is 2.16. The second-order valence-corrected chi connectivity index (χ2v) is 6.58. The molecule has 3 rings (SSSR count). The molecule has 0 N–H and O–H groups in total. The lowest BCUT2D eigenvalue weighted by Gasteiger charge is -2.09. The maximum atomic E-state index is 12.9. The van der Waals surface area contributed by atoms with Gasteiger partial charge in [0.2, 0.25) is 0 Å². The average molecular weight is 310 g/mol. The van der Waals surface area contributed by atoms with Crippen molar-refractivity contribution in [2.75, 3.05) is 5.75 Å². The Kier molecular flexibility index (Phi) is 4.03. The van der Waals surface area contributed by atoms with E-state index < -0.39 is 0 Å². The Morgan fingerprint density at radius 1 is 1.18 bits per heavy atom. The van der Waals surface area contributed by atoms with E-state index in [1.54, 1.807) is 22.7 Å². The molecule has 112 valence electrons. The average Bonchev–Trinajstić information content (AvgIpc) is 2.91. The van der Waals surface area contributed by atoms with Crippen LogP contribution in [0.2, 0.25) is 0 Å². The van der Waals surface area contributed by atoms with Crippen LogP contribution in [-0.2, 0) is 0 Å². The third kappa shape index (κ3) is 2.55. The molecule has 0 aliphatic heterocycles. The Morgan fingerprint density at radius 3 is 2.68 bits per heavy atom. The van der Waals surface area contributed by atoms with E-state index in [1.165, 1.54) is 11.1 Å². The molecule has 4 heteroatoms. The number of carbonyl (C=O) groups excluding carboxylic acids is 1. The first-order valence-corrected chi connectivity index (χ1v) is 8.31. The minimum atomic E-state index is -0.0256. The van der Waals surface area contributed by atoms with E-state index in [4.69, 9.17) is 0 Å². The highest BCUT2D eigenvalue weighted by Crippen LogP contribution is 2.25. The van der Waals surface area contributed by atoms with Crippen LogP contribution in [0.1, 0.15) is 28.4 Å². The maximum absolute atomic E-state index is 12.9. The largest absolute Gasteiger partial charge is 0.268 e. The van der Waals surface area contributed by atoms with Crippen molar-refractivity contribution in [1.82, 2.24) is 9.55 Å². The Balaban J connectivity index is 2.12. The molecule has 0 bridgehead atoms. The summed E-state index contributed by atoms with van der Waals surface area (Å²) in [6.07, 6.45) is 1.62. The molecule has 0 radical (unpaired) electrons. The van der Waals surface area contributed by atoms with Crippen LogP contribution in [0.5, 0.6) is 0 Å². The molecule has 2 aromatic carbocycles. The molecular formula is C18H18N2OS. The van der Waals surface area contributed by atoms with Gasteiger partial charge in [0.1, 0.15) is 6.33 Å². The number of nitrogens with zero attached hydrogens (tertiary/aromatic N) is 2. The zero-order valence-corrected chi connectivity index (χ0v) is 13.8. The summed E-state index contributed by atoms with van der Waals surface area (Å²) in [5, 5.41) is 0. The van der Waals surface area contributed by atoms with Crippen molar-refractivity contribution in [3.8, 4) is 0 Å². The molecular weight excluding hydrogens is 292 g/mol. The SMILES string of the molecule is CCSc1ccccc1C(=O)n1cnc2cc(C)c(C)cc21. The number of benzene rings is 2. The summed E-state index contributed by atoms with van der Waals surface area (Å²) in [5.74, 6) is 0.912. The zero-order chi connectivity index (χ0) is 15.7. The van der Waals surface area contributed by atoms with Crippen LogP contribution in [0, 0.1) is 13.8 Å². The highest BCUT2D eigenvalue weighted by molar-refractivity contribution is 7.99. The molecule has 0 fully saturated rings. The van der Waals surface area contributed by atoms with E-state index in [1.807, 2.05) is 36.4 Å². The second-order valence-electron chi connectivity index (χ2n) is 5.27. The molecule has 0 saturated heterocycles. The summed E-state index contributed by atoms with van der Waals surface area (Å²) in [4.78, 5) is 18.3. The third-order valence-electron chi connectivity index (χ3n) is 3.80. The summed E-state index contributed by atoms with van der Waals surface area (Å²) in [5.41, 5.74) is 4.80. The number of aryl methyl sites for hydroxylation is 2. The Bertz CT molecular complexity index is 851. The summed E-state index contributed by atoms with van der Waals surface area (Å²) >= 11 is 1.68. The number of hydrogen-bond acceptors (Lipinski definition) is 3. The molecule has 3 nitrogen and oxygen atoms in total. The summed E-state index contributed by atoms with van der Waals surface area (Å²) in [7, 11) is 0. The van der Waals surface area contributed by atoms with Crippen LogP contribution < -0.4 is 0 Å². The highest BCUT2D eigenvalue weighted by atomic mass is 32.2. The topological polar surface area (TPSA) is 34.9 Å². The zero-order valence-electron chi connectivity index (χ0n) is 13.0. The van der Waals surface area contributed by atoms with E-state index in [0.29, 0.717) is 0 Å². The minimum absolute atomic E-state index is 0.0256. The van der Waals surface area contributed by atoms with Gasteiger partial charge in [-0.3, -0.25) is 9.36 Å². The van der Waals surface area contributed by atoms with E-state index >= 15 is 0 Å². The number of imidazole rings is 1. The van der Waals surface area contributed by atoms with Gasteiger partial charge in [-0.1, -0.05) is 19.1 Å². The number of fused-ring (bicyclic) bond motifs is 1. The number of hydrogen-bond donors (Lipinski definition) is 0. The van der Waals surface area contributed by atoms with Crippen molar-refractivity contribution in [1.29, 1.82) is 0 Å². The van der Waals surface area contributed by atoms with Crippen LogP contribution in [0.25, 0.3) is 11.0 Å². The number of rotatable bonds is 3. The molecule has 1 heterocycles. The quantitative estimate of drug-likeness (QED) is 0.670. The fourth-order valence-corrected chi connectivity index (χ4v) is 3.28. The van der Waals surface area contributed by atoms with Crippen LogP contribution in [0.15, 0.2) is 47.6 Å². The normalized spacial score (nSPS) is 11.0. The van der Waals surface area contributed by atoms with Crippen molar-refractivity contribution in [3.05, 3.63) is 59.4 Å². The fraction of sp³-hybridized carbons (Fsp3) is 0.222. The summed E-state index contributed by atoms with van der Waals surface area (Å²) in [6, 6.07) is 11.8. The third-order valence-corrected chi connectivity index (χ3v) is 4.75. The van der Waals surface area contributed by atoms with Gasteiger partial charge in [0.15, 0.2) is 0 Å². The van der Waals surface area contributed by atoms with Gasteiger partial charge in [-0.05, 0) is 55.0 Å². The summed E-state index contributed by atoms with van der Waals surface area (Å²) in [6.45, 7) is 6.20. The molecule has 0 amide bonds. The number of thioether (sulfide) groups is 1. The standard InChI is InChI=1S/C18H18N2OS/c1-4-22-17-8-6-5-7-14(17)18(21)20-11-19-15-9-12(2)13(3)10-16(15)20/h5-11H,4H2,1-3H3. The van der Waals surface area contributed by atoms with Gasteiger partial charge < -0.3 is 0 Å². The first-order chi connectivity index (χ1) is 10.6. The molecule has 0 atom stereocenters. The Labute approximate surface area is 134 Å². The first kappa shape index (κ1) is 14.9. The van der Waals surface area contributed by atoms with Gasteiger partial charge in [0.05, 0.1) is 16.6 Å². The van der Waals surface area contributed by atoms with Crippen LogP contribution in [0.3, 0.4) is 0 Å². The lowest BCUT2D eigenvalue weighted by Crippen LogP contribution is -2.12. The molecule has 0 aliphatic carbocycles. The molecule has 0 spiro atoms. The van der Waals surface area contributed by atoms with Gasteiger partial charge in [0.25, 0.3) is 5.91 Å². The number of aromatic nitrogens is 2. The van der Waals surface area contributed by atoms with Gasteiger partial charge in [-0.25, -0.2) is 4.98 Å². The van der Waals surface area contributed by atoms with E-state index in [9.17, 15) is 4.79 Å². The van der Waals surface area contributed by atoms with Crippen molar-refractivity contribution >= 4 is 28.7 Å². The van der Waals surface area contributed by atoms with Crippen molar-refractivity contribution in [3.63, 3.8) is 0 Å². The molecule has 0 aliphatic rings. The van der Waals surface area contributed by atoms with E-state index in [-0.39, 0.29) is 5.91 Å². The summed E-state index contributed by atoms with van der Waals surface area (Å²) < 4.78 is 1.65. The Morgan fingerprint density at radius 2 is 1.91 bits per heavy atom. The molecule has 22 heavy (non-hydrogen) atoms. The first-order valence-electron chi connectivity index (χ1n) is 7.32. The smallest absolute Gasteiger partial charge is 0.264 e. The van der Waals surface area contributed by atoms with Crippen LogP contribution in [0.4, 0.5) is 0 Å². The van der Waals surface area contributed by atoms with Gasteiger partial charge >= 0.3 is 0 Å². The van der Waals surface area contributed by atoms with E-state index in [0.717, 1.165) is 27.2 Å². The van der Waals surface area contributed by atoms with Crippen molar-refractivity contribution in [2.45, 2.75) is 25.7 Å². The van der Waals surface area contributed by atoms with Gasteiger partial charge in [-0.2, -0.15) is 0 Å². The second kappa shape index (κ2) is 5.97. The number of carbonyl (C=O) groups is 1. The van der Waals surface area contributed by atoms with Crippen molar-refractivity contribution in [2.24, 2.45) is 0 Å². The lowest BCUT2D eigenvalue weighted by atomic mass is 10.1. The fourth-order valence-electron chi connectivity index (χ4n) is 2.48. The predicted molar refractivity (Wildman–Crippen MR) is 91.8 cm³/mol. The van der Waals surface area contributed by atoms with Crippen LogP contribution >= 0.6 is 11.8 Å². The van der Waals surface area contributed by atoms with Gasteiger partial charge in [0, 0.05) is 4.90 Å². The Hall–Kier alpha value is -2.07. The van der Waals surface area contributed by atoms with E-state index in [2.05, 4.69) is 25.8 Å². The monoisotopic (exact) mass is 310 g/mol. The van der Waals surface area contributed by atoms with Crippen molar-refractivity contribution < 1.29 is 4.79 Å². The van der Waals surface area contributed by atoms with Crippen LogP contribution in [-0.4, -0.2) is 21.2 Å². The molecule has 1 aromatic heterocycles.